The Morgan fingerprint density at radius 1 is 1.67 bits per heavy atom. The molecular weight excluding hydrogens is 114 g/mol. The van der Waals surface area contributed by atoms with Crippen molar-refractivity contribution in [2.24, 2.45) is 11.0 Å². The van der Waals surface area contributed by atoms with Crippen LogP contribution in [-0.4, -0.2) is 19.6 Å². The number of nitrogens with one attached hydrogen (secondary N) is 2. The van der Waals surface area contributed by atoms with E-state index in [1.54, 1.807) is 0 Å². The lowest BCUT2D eigenvalue weighted by Crippen LogP contribution is -2.40. The number of hydrogen-bond acceptors (Lipinski definition) is 3. The van der Waals surface area contributed by atoms with Crippen molar-refractivity contribution in [3.8, 4) is 0 Å². The molecule has 3 nitrogen and oxygen atoms in total. The van der Waals surface area contributed by atoms with Gasteiger partial charge in [-0.3, -0.25) is 0 Å². The van der Waals surface area contributed by atoms with Crippen LogP contribution in [0.15, 0.2) is 5.11 Å². The zero-order valence-corrected chi connectivity index (χ0v) is 5.72. The van der Waals surface area contributed by atoms with Crippen molar-refractivity contribution in [3.63, 3.8) is 0 Å². The van der Waals surface area contributed by atoms with E-state index in [0.29, 0.717) is 12.0 Å². The molecule has 0 unspecified atom stereocenters. The van der Waals surface area contributed by atoms with E-state index < -0.39 is 0 Å². The molecule has 0 aromatic heterocycles. The van der Waals surface area contributed by atoms with Crippen molar-refractivity contribution < 1.29 is 0 Å². The smallest absolute Gasteiger partial charge is 0.0625 e. The molecule has 0 bridgehead atoms. The third kappa shape index (κ3) is 1.48. The summed E-state index contributed by atoms with van der Waals surface area (Å²) in [5.74, 6) is 0.694. The molecule has 2 N–H and O–H groups in total. The lowest BCUT2D eigenvalue weighted by Gasteiger charge is -2.33. The van der Waals surface area contributed by atoms with Crippen LogP contribution in [0.3, 0.4) is 0 Å². The van der Waals surface area contributed by atoms with Crippen LogP contribution in [-0.2, 0) is 0 Å². The maximum atomic E-state index is 6.60. The minimum Gasteiger partial charge on any atom is -0.317 e. The van der Waals surface area contributed by atoms with Gasteiger partial charge in [0.15, 0.2) is 0 Å². The van der Waals surface area contributed by atoms with E-state index in [1.165, 1.54) is 12.8 Å². The predicted molar refractivity (Wildman–Crippen MR) is 35.6 cm³/mol. The average Bonchev–Trinajstić information content (AvgIpc) is 1.77. The molecule has 0 aromatic carbocycles. The highest BCUT2D eigenvalue weighted by Crippen LogP contribution is 2.26. The van der Waals surface area contributed by atoms with Crippen LogP contribution < -0.4 is 5.32 Å². The summed E-state index contributed by atoms with van der Waals surface area (Å²) in [4.78, 5) is 0. The van der Waals surface area contributed by atoms with Gasteiger partial charge in [0.05, 0.1) is 6.54 Å². The van der Waals surface area contributed by atoms with E-state index in [2.05, 4.69) is 10.4 Å². The maximum Gasteiger partial charge on any atom is 0.0625 e. The fraction of sp³-hybridized carbons (Fsp3) is 1.00. The summed E-state index contributed by atoms with van der Waals surface area (Å²) < 4.78 is 0. The molecule has 1 aliphatic rings. The van der Waals surface area contributed by atoms with Gasteiger partial charge in [0, 0.05) is 6.04 Å². The molecule has 0 aromatic rings. The van der Waals surface area contributed by atoms with Crippen molar-refractivity contribution in [2.75, 3.05) is 13.6 Å². The molecule has 1 fully saturated rings. The van der Waals surface area contributed by atoms with Crippen molar-refractivity contribution in [2.45, 2.75) is 18.9 Å². The number of hydrogen-bond donors (Lipinski definition) is 2. The Morgan fingerprint density at radius 2 is 2.33 bits per heavy atom. The Morgan fingerprint density at radius 3 is 2.78 bits per heavy atom. The van der Waals surface area contributed by atoms with Crippen molar-refractivity contribution >= 4 is 0 Å². The molecule has 0 aliphatic heterocycles. The summed E-state index contributed by atoms with van der Waals surface area (Å²) in [6.45, 7) is 0.734. The normalized spacial score (nSPS) is 33.4. The highest BCUT2D eigenvalue weighted by molar-refractivity contribution is 4.84. The number of nitrogens with zero attached hydrogens (tertiary/aromatic N) is 1. The quantitative estimate of drug-likeness (QED) is 0.546. The fourth-order valence-corrected chi connectivity index (χ4v) is 1.25. The summed E-state index contributed by atoms with van der Waals surface area (Å²) in [7, 11) is 1.98. The highest BCUT2D eigenvalue weighted by Gasteiger charge is 2.26. The molecule has 9 heavy (non-hydrogen) atoms. The third-order valence-corrected chi connectivity index (χ3v) is 1.99. The van der Waals surface area contributed by atoms with Crippen molar-refractivity contribution in [1.29, 1.82) is 5.53 Å². The molecule has 0 spiro atoms. The van der Waals surface area contributed by atoms with E-state index >= 15 is 0 Å². The van der Waals surface area contributed by atoms with Gasteiger partial charge in [-0.2, -0.15) is 5.11 Å². The minimum absolute atomic E-state index is 0.694. The first-order valence-corrected chi connectivity index (χ1v) is 3.37. The Hall–Kier alpha value is -0.440. The number of rotatable bonds is 3. The first-order valence-electron chi connectivity index (χ1n) is 3.37. The van der Waals surface area contributed by atoms with Crippen LogP contribution in [0, 0.1) is 11.4 Å². The van der Waals surface area contributed by atoms with Gasteiger partial charge in [0.2, 0.25) is 0 Å². The van der Waals surface area contributed by atoms with Gasteiger partial charge >= 0.3 is 0 Å². The monoisotopic (exact) mass is 127 g/mol. The van der Waals surface area contributed by atoms with Crippen LogP contribution in [0.5, 0.6) is 0 Å². The fourth-order valence-electron chi connectivity index (χ4n) is 1.25. The molecule has 0 saturated heterocycles. The van der Waals surface area contributed by atoms with E-state index in [9.17, 15) is 0 Å². The second kappa shape index (κ2) is 2.92. The Bertz CT molecular complexity index is 96.5. The first-order chi connectivity index (χ1) is 4.36. The molecule has 0 heterocycles. The molecule has 1 rings (SSSR count). The second-order valence-electron chi connectivity index (χ2n) is 2.66. The topological polar surface area (TPSA) is 48.2 Å². The second-order valence-corrected chi connectivity index (χ2v) is 2.66. The molecule has 3 heteroatoms. The van der Waals surface area contributed by atoms with Crippen molar-refractivity contribution in [1.82, 2.24) is 5.32 Å². The molecule has 52 valence electrons. The van der Waals surface area contributed by atoms with Crippen LogP contribution in [0.1, 0.15) is 12.8 Å². The zero-order valence-electron chi connectivity index (χ0n) is 5.72. The summed E-state index contributed by atoms with van der Waals surface area (Å²) in [6, 6.07) is 0.705. The molecular formula is C6H13N3. The Kier molecular flexibility index (Phi) is 2.16. The molecule has 0 atom stereocenters. The standard InChI is InChI=1S/C6H13N3/c1-8-6-2-5(3-6)4-9-7/h5-8H,2-4H2,1H3. The van der Waals surface area contributed by atoms with E-state index in [4.69, 9.17) is 5.53 Å². The van der Waals surface area contributed by atoms with E-state index in [0.717, 1.165) is 6.54 Å². The molecule has 1 aliphatic carbocycles. The van der Waals surface area contributed by atoms with Crippen molar-refractivity contribution in [3.05, 3.63) is 0 Å². The zero-order chi connectivity index (χ0) is 6.69. The van der Waals surface area contributed by atoms with Crippen LogP contribution in [0.25, 0.3) is 0 Å². The average molecular weight is 127 g/mol. The summed E-state index contributed by atoms with van der Waals surface area (Å²) in [6.07, 6.45) is 2.41. The van der Waals surface area contributed by atoms with Gasteiger partial charge in [-0.1, -0.05) is 0 Å². The van der Waals surface area contributed by atoms with Gasteiger partial charge in [0.1, 0.15) is 0 Å². The van der Waals surface area contributed by atoms with Gasteiger partial charge in [-0.05, 0) is 25.8 Å². The third-order valence-electron chi connectivity index (χ3n) is 1.99. The maximum absolute atomic E-state index is 6.60. The predicted octanol–water partition coefficient (Wildman–Crippen LogP) is 1.02. The summed E-state index contributed by atoms with van der Waals surface area (Å²) in [5, 5.41) is 6.54. The van der Waals surface area contributed by atoms with E-state index in [1.807, 2.05) is 7.05 Å². The first kappa shape index (κ1) is 6.68. The largest absolute Gasteiger partial charge is 0.317 e. The summed E-state index contributed by atoms with van der Waals surface area (Å²) in [5.41, 5.74) is 6.60. The van der Waals surface area contributed by atoms with E-state index in [-0.39, 0.29) is 0 Å². The molecule has 0 amide bonds. The van der Waals surface area contributed by atoms with Crippen LogP contribution in [0.2, 0.25) is 0 Å². The lowest BCUT2D eigenvalue weighted by atomic mass is 9.80. The Labute approximate surface area is 55.3 Å². The minimum atomic E-state index is 0.694. The van der Waals surface area contributed by atoms with Crippen LogP contribution in [0.4, 0.5) is 0 Å². The Balaban J connectivity index is 2.04. The van der Waals surface area contributed by atoms with Gasteiger partial charge in [-0.15, -0.1) is 0 Å². The van der Waals surface area contributed by atoms with Gasteiger partial charge in [0.25, 0.3) is 0 Å². The highest BCUT2D eigenvalue weighted by atomic mass is 15.0. The molecule has 0 radical (unpaired) electrons. The van der Waals surface area contributed by atoms with Gasteiger partial charge < -0.3 is 5.32 Å². The lowest BCUT2D eigenvalue weighted by molar-refractivity contribution is 0.238. The van der Waals surface area contributed by atoms with Crippen LogP contribution >= 0.6 is 0 Å². The SMILES string of the molecule is CNC1CC(CN=N)C1. The van der Waals surface area contributed by atoms with Gasteiger partial charge in [-0.25, -0.2) is 5.53 Å². The summed E-state index contributed by atoms with van der Waals surface area (Å²) >= 11 is 0. The molecule has 1 saturated carbocycles.